The third-order valence-corrected chi connectivity index (χ3v) is 4.89. The molecule has 0 radical (unpaired) electrons. The summed E-state index contributed by atoms with van der Waals surface area (Å²) in [5.41, 5.74) is 4.67. The van der Waals surface area contributed by atoms with Crippen molar-refractivity contribution in [2.24, 2.45) is 0 Å². The van der Waals surface area contributed by atoms with E-state index in [1.807, 2.05) is 49.4 Å². The summed E-state index contributed by atoms with van der Waals surface area (Å²) in [5.74, 6) is 0.224. The van der Waals surface area contributed by atoms with Crippen LogP contribution in [0.1, 0.15) is 27.2 Å². The van der Waals surface area contributed by atoms with Gasteiger partial charge >= 0.3 is 6.03 Å². The lowest BCUT2D eigenvalue weighted by atomic mass is 9.99. The van der Waals surface area contributed by atoms with E-state index < -0.39 is 0 Å². The number of anilines is 2. The molecule has 3 amide bonds. The monoisotopic (exact) mass is 375 g/mol. The normalized spacial score (nSPS) is 13.0. The molecular weight excluding hydrogens is 354 g/mol. The van der Waals surface area contributed by atoms with Gasteiger partial charge in [-0.15, -0.1) is 0 Å². The lowest BCUT2D eigenvalue weighted by molar-refractivity contribution is 0.0702. The van der Waals surface area contributed by atoms with Crippen molar-refractivity contribution in [1.82, 2.24) is 4.90 Å². The van der Waals surface area contributed by atoms with Crippen LogP contribution >= 0.6 is 0 Å². The highest BCUT2D eigenvalue weighted by molar-refractivity contribution is 6.00. The molecule has 142 valence electrons. The quantitative estimate of drug-likeness (QED) is 0.711. The molecule has 28 heavy (non-hydrogen) atoms. The minimum Gasteiger partial charge on any atom is -0.459 e. The molecule has 0 spiro atoms. The average molecular weight is 375 g/mol. The lowest BCUT2D eigenvalue weighted by Gasteiger charge is -2.28. The molecular formula is C22H21N3O3. The van der Waals surface area contributed by atoms with Crippen molar-refractivity contribution in [3.05, 3.63) is 83.3 Å². The molecule has 0 saturated heterocycles. The van der Waals surface area contributed by atoms with Crippen molar-refractivity contribution in [3.63, 3.8) is 0 Å². The first-order chi connectivity index (χ1) is 13.6. The summed E-state index contributed by atoms with van der Waals surface area (Å²) >= 11 is 0. The van der Waals surface area contributed by atoms with Crippen molar-refractivity contribution in [2.45, 2.75) is 19.9 Å². The second kappa shape index (κ2) is 7.60. The molecule has 0 saturated carbocycles. The fourth-order valence-corrected chi connectivity index (χ4v) is 3.36. The van der Waals surface area contributed by atoms with E-state index in [4.69, 9.17) is 4.42 Å². The summed E-state index contributed by atoms with van der Waals surface area (Å²) in [6.07, 6.45) is 2.28. The van der Waals surface area contributed by atoms with Crippen molar-refractivity contribution in [2.75, 3.05) is 17.2 Å². The molecule has 6 heteroatoms. The fourth-order valence-electron chi connectivity index (χ4n) is 3.36. The van der Waals surface area contributed by atoms with Gasteiger partial charge in [0.15, 0.2) is 5.76 Å². The number of rotatable bonds is 3. The maximum Gasteiger partial charge on any atom is 0.323 e. The Labute approximate surface area is 163 Å². The third kappa shape index (κ3) is 3.76. The molecule has 4 rings (SSSR count). The molecule has 0 fully saturated rings. The summed E-state index contributed by atoms with van der Waals surface area (Å²) in [5, 5.41) is 5.72. The molecule has 0 atom stereocenters. The molecule has 1 aliphatic rings. The Morgan fingerprint density at radius 2 is 1.86 bits per heavy atom. The molecule has 6 nitrogen and oxygen atoms in total. The molecule has 2 aromatic carbocycles. The van der Waals surface area contributed by atoms with Crippen LogP contribution in [0.4, 0.5) is 16.2 Å². The van der Waals surface area contributed by atoms with Gasteiger partial charge < -0.3 is 20.0 Å². The molecule has 2 N–H and O–H groups in total. The summed E-state index contributed by atoms with van der Waals surface area (Å²) in [4.78, 5) is 26.6. The van der Waals surface area contributed by atoms with E-state index >= 15 is 0 Å². The van der Waals surface area contributed by atoms with E-state index in [0.717, 1.165) is 23.2 Å². The number of aryl methyl sites for hydroxylation is 1. The van der Waals surface area contributed by atoms with E-state index in [1.165, 1.54) is 11.8 Å². The van der Waals surface area contributed by atoms with Gasteiger partial charge in [-0.3, -0.25) is 4.79 Å². The number of nitrogens with one attached hydrogen (secondary N) is 2. The van der Waals surface area contributed by atoms with Crippen LogP contribution in [-0.4, -0.2) is 23.4 Å². The fraction of sp³-hybridized carbons (Fsp3) is 0.182. The van der Waals surface area contributed by atoms with Crippen LogP contribution in [0, 0.1) is 6.92 Å². The number of benzene rings is 2. The SMILES string of the molecule is Cc1ccccc1NC(=O)Nc1ccc2c(c1)CN(C(=O)c1ccco1)CC2. The molecule has 0 bridgehead atoms. The molecule has 3 aromatic rings. The molecule has 1 aliphatic heterocycles. The largest absolute Gasteiger partial charge is 0.459 e. The maximum atomic E-state index is 12.5. The van der Waals surface area contributed by atoms with Crippen molar-refractivity contribution < 1.29 is 14.0 Å². The Morgan fingerprint density at radius 1 is 1.00 bits per heavy atom. The van der Waals surface area contributed by atoms with E-state index in [-0.39, 0.29) is 11.9 Å². The number of hydrogen-bond donors (Lipinski definition) is 2. The second-order valence-corrected chi connectivity index (χ2v) is 6.83. The second-order valence-electron chi connectivity index (χ2n) is 6.83. The number of urea groups is 1. The lowest BCUT2D eigenvalue weighted by Crippen LogP contribution is -2.35. The number of fused-ring (bicyclic) bond motifs is 1. The van der Waals surface area contributed by atoms with Gasteiger partial charge in [-0.2, -0.15) is 0 Å². The van der Waals surface area contributed by atoms with Gasteiger partial charge in [-0.05, 0) is 60.4 Å². The Bertz CT molecular complexity index is 1010. The summed E-state index contributed by atoms with van der Waals surface area (Å²) < 4.78 is 5.22. The number of nitrogens with zero attached hydrogens (tertiary/aromatic N) is 1. The Morgan fingerprint density at radius 3 is 2.64 bits per heavy atom. The maximum absolute atomic E-state index is 12.5. The van der Waals surface area contributed by atoms with Crippen molar-refractivity contribution in [1.29, 1.82) is 0 Å². The van der Waals surface area contributed by atoms with E-state index in [1.54, 1.807) is 17.0 Å². The number of amides is 3. The van der Waals surface area contributed by atoms with Crippen LogP contribution in [0.3, 0.4) is 0 Å². The first kappa shape index (κ1) is 17.9. The van der Waals surface area contributed by atoms with Crippen molar-refractivity contribution >= 4 is 23.3 Å². The predicted molar refractivity (Wildman–Crippen MR) is 107 cm³/mol. The predicted octanol–water partition coefficient (Wildman–Crippen LogP) is 4.43. The molecule has 0 unspecified atom stereocenters. The molecule has 2 heterocycles. The van der Waals surface area contributed by atoms with Gasteiger partial charge in [0.1, 0.15) is 0 Å². The smallest absolute Gasteiger partial charge is 0.323 e. The topological polar surface area (TPSA) is 74.6 Å². The summed E-state index contributed by atoms with van der Waals surface area (Å²) in [6.45, 7) is 3.08. The van der Waals surface area contributed by atoms with Gasteiger partial charge in [0.25, 0.3) is 5.91 Å². The van der Waals surface area contributed by atoms with Crippen LogP contribution < -0.4 is 10.6 Å². The zero-order valence-corrected chi connectivity index (χ0v) is 15.6. The van der Waals surface area contributed by atoms with E-state index in [0.29, 0.717) is 24.5 Å². The average Bonchev–Trinajstić information content (AvgIpc) is 3.23. The molecule has 1 aromatic heterocycles. The van der Waals surface area contributed by atoms with E-state index in [2.05, 4.69) is 10.6 Å². The zero-order chi connectivity index (χ0) is 19.5. The minimum absolute atomic E-state index is 0.119. The van der Waals surface area contributed by atoms with Crippen LogP contribution in [-0.2, 0) is 13.0 Å². The highest BCUT2D eigenvalue weighted by Crippen LogP contribution is 2.24. The Hall–Kier alpha value is -3.54. The summed E-state index contributed by atoms with van der Waals surface area (Å²) in [7, 11) is 0. The van der Waals surface area contributed by atoms with Crippen LogP contribution in [0.25, 0.3) is 0 Å². The van der Waals surface area contributed by atoms with Gasteiger partial charge in [-0.25, -0.2) is 4.79 Å². The highest BCUT2D eigenvalue weighted by Gasteiger charge is 2.23. The minimum atomic E-state index is -0.298. The number of hydrogen-bond acceptors (Lipinski definition) is 3. The Kier molecular flexibility index (Phi) is 4.85. The van der Waals surface area contributed by atoms with Crippen LogP contribution in [0.15, 0.2) is 65.3 Å². The van der Waals surface area contributed by atoms with E-state index in [9.17, 15) is 9.59 Å². The Balaban J connectivity index is 1.45. The van der Waals surface area contributed by atoms with Gasteiger partial charge in [0, 0.05) is 24.5 Å². The standard InChI is InChI=1S/C22H21N3O3/c1-15-5-2-3-6-19(15)24-22(27)23-18-9-8-16-10-11-25(14-17(16)13-18)21(26)20-7-4-12-28-20/h2-9,12-13H,10-11,14H2,1H3,(H2,23,24,27). The number of carbonyl (C=O) groups excluding carboxylic acids is 2. The van der Waals surface area contributed by atoms with Gasteiger partial charge in [0.05, 0.1) is 6.26 Å². The first-order valence-electron chi connectivity index (χ1n) is 9.18. The van der Waals surface area contributed by atoms with Gasteiger partial charge in [0.2, 0.25) is 0 Å². The first-order valence-corrected chi connectivity index (χ1v) is 9.18. The summed E-state index contributed by atoms with van der Waals surface area (Å²) in [6, 6.07) is 16.5. The number of carbonyl (C=O) groups is 2. The molecule has 0 aliphatic carbocycles. The highest BCUT2D eigenvalue weighted by atomic mass is 16.3. The van der Waals surface area contributed by atoms with Crippen molar-refractivity contribution in [3.8, 4) is 0 Å². The van der Waals surface area contributed by atoms with Crippen LogP contribution in [0.5, 0.6) is 0 Å². The van der Waals surface area contributed by atoms with Gasteiger partial charge in [-0.1, -0.05) is 24.3 Å². The number of furan rings is 1. The third-order valence-electron chi connectivity index (χ3n) is 4.89. The number of para-hydroxylation sites is 1. The zero-order valence-electron chi connectivity index (χ0n) is 15.6. The van der Waals surface area contributed by atoms with Crippen LogP contribution in [0.2, 0.25) is 0 Å².